The van der Waals surface area contributed by atoms with E-state index in [1.807, 2.05) is 6.92 Å². The molecule has 0 fully saturated rings. The van der Waals surface area contributed by atoms with Gasteiger partial charge in [-0.05, 0) is 54.9 Å². The van der Waals surface area contributed by atoms with Crippen molar-refractivity contribution in [2.75, 3.05) is 11.9 Å². The van der Waals surface area contributed by atoms with E-state index in [-0.39, 0.29) is 18.3 Å². The smallest absolute Gasteiger partial charge is 0.262 e. The van der Waals surface area contributed by atoms with Gasteiger partial charge < -0.3 is 15.8 Å². The van der Waals surface area contributed by atoms with Crippen LogP contribution in [0.15, 0.2) is 12.1 Å². The van der Waals surface area contributed by atoms with Gasteiger partial charge in [0.1, 0.15) is 10.8 Å². The average molecular weight is 433 g/mol. The predicted octanol–water partition coefficient (Wildman–Crippen LogP) is 4.09. The van der Waals surface area contributed by atoms with Gasteiger partial charge in [0.2, 0.25) is 0 Å². The van der Waals surface area contributed by atoms with E-state index in [1.54, 1.807) is 12.1 Å². The summed E-state index contributed by atoms with van der Waals surface area (Å²) in [7, 11) is 0. The molecule has 1 unspecified atom stereocenters. The van der Waals surface area contributed by atoms with Gasteiger partial charge in [-0.15, -0.1) is 11.3 Å². The van der Waals surface area contributed by atoms with Gasteiger partial charge in [-0.2, -0.15) is 0 Å². The highest BCUT2D eigenvalue weighted by atomic mass is 35.5. The molecular weight excluding hydrogens is 412 g/mol. The molecule has 1 aromatic heterocycles. The minimum atomic E-state index is -0.532. The van der Waals surface area contributed by atoms with Crippen LogP contribution in [0.1, 0.15) is 68.8 Å². The van der Waals surface area contributed by atoms with Crippen LogP contribution >= 0.6 is 22.9 Å². The maximum atomic E-state index is 12.5. The van der Waals surface area contributed by atoms with E-state index in [0.717, 1.165) is 41.7 Å². The van der Waals surface area contributed by atoms with E-state index in [4.69, 9.17) is 22.1 Å². The molecule has 2 aliphatic carbocycles. The monoisotopic (exact) mass is 432 g/mol. The number of aryl methyl sites for hydroxylation is 1. The van der Waals surface area contributed by atoms with E-state index in [9.17, 15) is 14.4 Å². The van der Waals surface area contributed by atoms with E-state index < -0.39 is 11.8 Å². The largest absolute Gasteiger partial charge is 0.483 e. The highest BCUT2D eigenvalue weighted by Gasteiger charge is 2.32. The molecule has 8 heteroatoms. The molecule has 0 saturated carbocycles. The summed E-state index contributed by atoms with van der Waals surface area (Å²) < 4.78 is 5.66. The molecule has 2 aromatic rings. The zero-order valence-electron chi connectivity index (χ0n) is 16.0. The molecule has 0 saturated heterocycles. The summed E-state index contributed by atoms with van der Waals surface area (Å²) in [6.45, 7) is 1.66. The predicted molar refractivity (Wildman–Crippen MR) is 112 cm³/mol. The van der Waals surface area contributed by atoms with Gasteiger partial charge >= 0.3 is 0 Å². The maximum absolute atomic E-state index is 12.5. The minimum absolute atomic E-state index is 0.0259. The number of amides is 2. The quantitative estimate of drug-likeness (QED) is 0.743. The summed E-state index contributed by atoms with van der Waals surface area (Å²) in [4.78, 5) is 37.9. The molecule has 2 amide bonds. The number of halogens is 1. The fourth-order valence-electron chi connectivity index (χ4n) is 4.17. The minimum Gasteiger partial charge on any atom is -0.483 e. The van der Waals surface area contributed by atoms with Crippen molar-refractivity contribution in [3.05, 3.63) is 44.3 Å². The van der Waals surface area contributed by atoms with Crippen molar-refractivity contribution in [1.29, 1.82) is 0 Å². The van der Waals surface area contributed by atoms with E-state index >= 15 is 0 Å². The Morgan fingerprint density at radius 1 is 1.31 bits per heavy atom. The topological polar surface area (TPSA) is 98.5 Å². The van der Waals surface area contributed by atoms with Crippen molar-refractivity contribution in [3.63, 3.8) is 0 Å². The zero-order valence-corrected chi connectivity index (χ0v) is 17.5. The second-order valence-electron chi connectivity index (χ2n) is 7.48. The number of benzene rings is 1. The second kappa shape index (κ2) is 7.80. The molecule has 29 heavy (non-hydrogen) atoms. The average Bonchev–Trinajstić information content (AvgIpc) is 3.18. The maximum Gasteiger partial charge on any atom is 0.262 e. The fraction of sp³-hybridized carbons (Fsp3) is 0.381. The Morgan fingerprint density at radius 3 is 2.83 bits per heavy atom. The highest BCUT2D eigenvalue weighted by molar-refractivity contribution is 7.17. The van der Waals surface area contributed by atoms with Crippen LogP contribution in [0.2, 0.25) is 5.02 Å². The number of carbonyl (C=O) groups excluding carboxylic acids is 3. The molecule has 0 spiro atoms. The van der Waals surface area contributed by atoms with Crippen LogP contribution in [0, 0.1) is 0 Å². The highest BCUT2D eigenvalue weighted by Crippen LogP contribution is 2.42. The Bertz CT molecular complexity index is 1030. The van der Waals surface area contributed by atoms with Crippen molar-refractivity contribution in [3.8, 4) is 5.75 Å². The van der Waals surface area contributed by atoms with Gasteiger partial charge in [0.15, 0.2) is 12.4 Å². The van der Waals surface area contributed by atoms with Gasteiger partial charge in [0, 0.05) is 16.3 Å². The van der Waals surface area contributed by atoms with Crippen LogP contribution in [-0.4, -0.2) is 24.2 Å². The number of rotatable bonds is 5. The summed E-state index contributed by atoms with van der Waals surface area (Å²) in [5.41, 5.74) is 8.17. The van der Waals surface area contributed by atoms with Crippen molar-refractivity contribution in [2.24, 2.45) is 5.73 Å². The number of nitrogens with one attached hydrogen (secondary N) is 1. The van der Waals surface area contributed by atoms with Crippen molar-refractivity contribution >= 4 is 45.5 Å². The molecule has 0 aliphatic heterocycles. The Morgan fingerprint density at radius 2 is 2.07 bits per heavy atom. The van der Waals surface area contributed by atoms with Crippen LogP contribution in [0.25, 0.3) is 0 Å². The summed E-state index contributed by atoms with van der Waals surface area (Å²) in [5, 5.41) is 3.77. The van der Waals surface area contributed by atoms with E-state index in [1.165, 1.54) is 11.3 Å². The number of hydrogen-bond acceptors (Lipinski definition) is 5. The standard InChI is InChI=1S/C21H21ClN2O4S/c1-10-8-13(25)19-14(7-6-12(22)17(10)19)28-9-16(26)24-21-18(20(23)27)11-4-2-3-5-15(11)29-21/h6-7,10H,2-5,8-9H2,1H3,(H2,23,27)(H,24,26). The Hall–Kier alpha value is -2.38. The van der Waals surface area contributed by atoms with Gasteiger partial charge in [-0.1, -0.05) is 18.5 Å². The third-order valence-electron chi connectivity index (χ3n) is 5.45. The number of primary amides is 1. The number of nitrogens with two attached hydrogens (primary N) is 1. The third kappa shape index (κ3) is 3.65. The molecule has 4 rings (SSSR count). The first kappa shape index (κ1) is 19.9. The summed E-state index contributed by atoms with van der Waals surface area (Å²) in [5.74, 6) is -0.594. The SMILES string of the molecule is CC1CC(=O)c2c(OCC(=O)Nc3sc4c(c3C(N)=O)CCCC4)ccc(Cl)c21. The molecule has 0 radical (unpaired) electrons. The Balaban J connectivity index is 1.51. The van der Waals surface area contributed by atoms with Crippen molar-refractivity contribution < 1.29 is 19.1 Å². The Labute approximate surface area is 177 Å². The molecule has 152 valence electrons. The van der Waals surface area contributed by atoms with Crippen LogP contribution in [-0.2, 0) is 17.6 Å². The lowest BCUT2D eigenvalue weighted by atomic mass is 9.95. The molecular formula is C21H21ClN2O4S. The Kier molecular flexibility index (Phi) is 5.36. The number of carbonyl (C=O) groups is 3. The normalized spacial score (nSPS) is 17.6. The molecule has 1 atom stereocenters. The lowest BCUT2D eigenvalue weighted by Gasteiger charge is -2.13. The third-order valence-corrected chi connectivity index (χ3v) is 6.98. The molecule has 3 N–H and O–H groups in total. The summed E-state index contributed by atoms with van der Waals surface area (Å²) in [6.07, 6.45) is 4.15. The number of hydrogen-bond donors (Lipinski definition) is 2. The van der Waals surface area contributed by atoms with Crippen LogP contribution in [0.3, 0.4) is 0 Å². The van der Waals surface area contributed by atoms with E-state index in [2.05, 4.69) is 5.32 Å². The van der Waals surface area contributed by atoms with Gasteiger partial charge in [0.25, 0.3) is 11.8 Å². The number of ketones is 1. The molecule has 0 bridgehead atoms. The second-order valence-corrected chi connectivity index (χ2v) is 8.99. The first-order chi connectivity index (χ1) is 13.9. The molecule has 6 nitrogen and oxygen atoms in total. The number of Topliss-reactive ketones (excluding diaryl/α,β-unsaturated/α-hetero) is 1. The molecule has 1 heterocycles. The van der Waals surface area contributed by atoms with E-state index in [0.29, 0.717) is 33.3 Å². The first-order valence-electron chi connectivity index (χ1n) is 9.59. The van der Waals surface area contributed by atoms with Crippen molar-refractivity contribution in [2.45, 2.75) is 44.9 Å². The number of anilines is 1. The number of thiophene rings is 1. The first-order valence-corrected chi connectivity index (χ1v) is 10.8. The lowest BCUT2D eigenvalue weighted by Crippen LogP contribution is -2.23. The van der Waals surface area contributed by atoms with Crippen LogP contribution in [0.4, 0.5) is 5.00 Å². The van der Waals surface area contributed by atoms with Crippen LogP contribution < -0.4 is 15.8 Å². The fourth-order valence-corrected chi connectivity index (χ4v) is 5.82. The van der Waals surface area contributed by atoms with Gasteiger partial charge in [-0.3, -0.25) is 14.4 Å². The number of ether oxygens (including phenoxy) is 1. The lowest BCUT2D eigenvalue weighted by molar-refractivity contribution is -0.118. The van der Waals surface area contributed by atoms with Gasteiger partial charge in [0.05, 0.1) is 11.1 Å². The summed E-state index contributed by atoms with van der Waals surface area (Å²) in [6, 6.07) is 3.30. The number of fused-ring (bicyclic) bond motifs is 2. The molecule has 2 aliphatic rings. The summed E-state index contributed by atoms with van der Waals surface area (Å²) >= 11 is 7.64. The zero-order chi connectivity index (χ0) is 20.7. The van der Waals surface area contributed by atoms with Crippen molar-refractivity contribution in [1.82, 2.24) is 0 Å². The molecule has 1 aromatic carbocycles. The van der Waals surface area contributed by atoms with Crippen LogP contribution in [0.5, 0.6) is 5.75 Å². The van der Waals surface area contributed by atoms with Gasteiger partial charge in [-0.25, -0.2) is 0 Å².